The Morgan fingerprint density at radius 3 is 2.79 bits per heavy atom. The molecule has 0 saturated heterocycles. The average Bonchev–Trinajstić information content (AvgIpc) is 2.34. The topological polar surface area (TPSA) is 48.1 Å². The summed E-state index contributed by atoms with van der Waals surface area (Å²) in [6.45, 7) is 1.86. The van der Waals surface area contributed by atoms with E-state index in [9.17, 15) is 8.78 Å². The van der Waals surface area contributed by atoms with Crippen molar-refractivity contribution in [2.24, 2.45) is 5.73 Å². The maximum Gasteiger partial charge on any atom is 0.222 e. The van der Waals surface area contributed by atoms with Gasteiger partial charge in [-0.05, 0) is 31.5 Å². The molecule has 0 aliphatic carbocycles. The second-order valence-corrected chi connectivity index (χ2v) is 4.33. The second kappa shape index (κ2) is 5.75. The van der Waals surface area contributed by atoms with Gasteiger partial charge in [0.1, 0.15) is 5.82 Å². The van der Waals surface area contributed by atoms with Crippen LogP contribution >= 0.6 is 0 Å². The van der Waals surface area contributed by atoms with Gasteiger partial charge in [0.05, 0.1) is 0 Å². The first kappa shape index (κ1) is 13.4. The maximum atomic E-state index is 13.5. The highest BCUT2D eigenvalue weighted by molar-refractivity contribution is 5.33. The molecule has 0 amide bonds. The molecule has 1 unspecified atom stereocenters. The molecule has 0 aliphatic rings. The highest BCUT2D eigenvalue weighted by atomic mass is 19.1. The third-order valence-corrected chi connectivity index (χ3v) is 2.49. The summed E-state index contributed by atoms with van der Waals surface area (Å²) in [5.74, 6) is -1.20. The molecule has 1 aromatic heterocycles. The van der Waals surface area contributed by atoms with Crippen LogP contribution in [-0.2, 0) is 6.42 Å². The molecule has 0 radical (unpaired) electrons. The van der Waals surface area contributed by atoms with Gasteiger partial charge < -0.3 is 10.5 Å². The van der Waals surface area contributed by atoms with Crippen molar-refractivity contribution < 1.29 is 13.5 Å². The van der Waals surface area contributed by atoms with E-state index in [-0.39, 0.29) is 17.7 Å². The van der Waals surface area contributed by atoms with Crippen LogP contribution in [0.3, 0.4) is 0 Å². The van der Waals surface area contributed by atoms with Crippen molar-refractivity contribution in [3.8, 4) is 11.6 Å². The Hall–Kier alpha value is -2.01. The van der Waals surface area contributed by atoms with Gasteiger partial charge >= 0.3 is 0 Å². The van der Waals surface area contributed by atoms with Gasteiger partial charge in [-0.1, -0.05) is 6.07 Å². The molecule has 0 fully saturated rings. The molecule has 5 heteroatoms. The van der Waals surface area contributed by atoms with Crippen molar-refractivity contribution in [2.75, 3.05) is 0 Å². The smallest absolute Gasteiger partial charge is 0.222 e. The maximum absolute atomic E-state index is 13.5. The first-order valence-electron chi connectivity index (χ1n) is 5.88. The van der Waals surface area contributed by atoms with Crippen molar-refractivity contribution in [3.63, 3.8) is 0 Å². The fourth-order valence-electron chi connectivity index (χ4n) is 1.68. The fraction of sp³-hybridized carbons (Fsp3) is 0.214. The summed E-state index contributed by atoms with van der Waals surface area (Å²) in [7, 11) is 0. The van der Waals surface area contributed by atoms with Gasteiger partial charge in [0.2, 0.25) is 5.88 Å². The first-order chi connectivity index (χ1) is 9.06. The molecule has 2 rings (SSSR count). The predicted molar refractivity (Wildman–Crippen MR) is 68.0 cm³/mol. The van der Waals surface area contributed by atoms with E-state index < -0.39 is 11.6 Å². The minimum absolute atomic E-state index is 0.0639. The number of rotatable bonds is 4. The van der Waals surface area contributed by atoms with Crippen LogP contribution in [0.25, 0.3) is 0 Å². The van der Waals surface area contributed by atoms with Crippen LogP contribution in [0.4, 0.5) is 8.78 Å². The third kappa shape index (κ3) is 3.48. The van der Waals surface area contributed by atoms with Crippen molar-refractivity contribution in [1.29, 1.82) is 0 Å². The number of ether oxygens (including phenoxy) is 1. The van der Waals surface area contributed by atoms with Gasteiger partial charge in [-0.25, -0.2) is 13.8 Å². The highest BCUT2D eigenvalue weighted by Crippen LogP contribution is 2.26. The normalized spacial score (nSPS) is 12.2. The minimum Gasteiger partial charge on any atom is -0.436 e. The highest BCUT2D eigenvalue weighted by Gasteiger charge is 2.11. The van der Waals surface area contributed by atoms with Crippen LogP contribution in [0.5, 0.6) is 11.6 Å². The summed E-state index contributed by atoms with van der Waals surface area (Å²) >= 11 is 0. The summed E-state index contributed by atoms with van der Waals surface area (Å²) in [6, 6.07) is 6.63. The summed E-state index contributed by atoms with van der Waals surface area (Å²) in [5, 5.41) is 0. The molecule has 0 saturated carbocycles. The lowest BCUT2D eigenvalue weighted by Crippen LogP contribution is -2.18. The van der Waals surface area contributed by atoms with E-state index in [1.165, 1.54) is 6.07 Å². The lowest BCUT2D eigenvalue weighted by atomic mass is 10.1. The van der Waals surface area contributed by atoms with Crippen molar-refractivity contribution in [2.45, 2.75) is 19.4 Å². The van der Waals surface area contributed by atoms with Crippen LogP contribution in [0.15, 0.2) is 36.5 Å². The zero-order chi connectivity index (χ0) is 13.8. The Morgan fingerprint density at radius 1 is 1.32 bits per heavy atom. The summed E-state index contributed by atoms with van der Waals surface area (Å²) < 4.78 is 31.7. The van der Waals surface area contributed by atoms with Gasteiger partial charge in [-0.15, -0.1) is 0 Å². The monoisotopic (exact) mass is 264 g/mol. The summed E-state index contributed by atoms with van der Waals surface area (Å²) in [4.78, 5) is 4.05. The molecule has 19 heavy (non-hydrogen) atoms. The van der Waals surface area contributed by atoms with Crippen molar-refractivity contribution >= 4 is 0 Å². The number of hydrogen-bond acceptors (Lipinski definition) is 3. The standard InChI is InChI=1S/C14H14F2N2O/c1-9(17)7-10-3-2-6-18-14(10)19-13-5-4-11(15)8-12(13)16/h2-6,8-9H,7,17H2,1H3. The summed E-state index contributed by atoms with van der Waals surface area (Å²) in [5.41, 5.74) is 6.51. The predicted octanol–water partition coefficient (Wildman–Crippen LogP) is 3.04. The zero-order valence-electron chi connectivity index (χ0n) is 10.4. The Morgan fingerprint density at radius 2 is 2.11 bits per heavy atom. The molecular weight excluding hydrogens is 250 g/mol. The van der Waals surface area contributed by atoms with Crippen LogP contribution < -0.4 is 10.5 Å². The molecule has 2 N–H and O–H groups in total. The summed E-state index contributed by atoms with van der Waals surface area (Å²) in [6.07, 6.45) is 2.10. The Bertz CT molecular complexity index is 573. The average molecular weight is 264 g/mol. The molecular formula is C14H14F2N2O. The number of pyridine rings is 1. The fourth-order valence-corrected chi connectivity index (χ4v) is 1.68. The molecule has 0 bridgehead atoms. The third-order valence-electron chi connectivity index (χ3n) is 2.49. The molecule has 1 aromatic carbocycles. The number of halogens is 2. The van der Waals surface area contributed by atoms with Gasteiger partial charge in [0, 0.05) is 23.9 Å². The van der Waals surface area contributed by atoms with E-state index in [1.807, 2.05) is 13.0 Å². The van der Waals surface area contributed by atoms with E-state index in [0.717, 1.165) is 17.7 Å². The minimum atomic E-state index is -0.766. The van der Waals surface area contributed by atoms with Gasteiger partial charge in [0.25, 0.3) is 0 Å². The SMILES string of the molecule is CC(N)Cc1cccnc1Oc1ccc(F)cc1F. The number of aromatic nitrogens is 1. The molecule has 3 nitrogen and oxygen atoms in total. The van der Waals surface area contributed by atoms with Crippen LogP contribution in [0.2, 0.25) is 0 Å². The van der Waals surface area contributed by atoms with E-state index in [0.29, 0.717) is 6.42 Å². The van der Waals surface area contributed by atoms with E-state index >= 15 is 0 Å². The van der Waals surface area contributed by atoms with E-state index in [4.69, 9.17) is 10.5 Å². The molecule has 1 atom stereocenters. The molecule has 0 spiro atoms. The largest absolute Gasteiger partial charge is 0.436 e. The van der Waals surface area contributed by atoms with E-state index in [1.54, 1.807) is 12.3 Å². The number of nitrogens with two attached hydrogens (primary N) is 1. The van der Waals surface area contributed by atoms with Crippen LogP contribution in [0.1, 0.15) is 12.5 Å². The Balaban J connectivity index is 2.27. The van der Waals surface area contributed by atoms with Crippen molar-refractivity contribution in [3.05, 3.63) is 53.7 Å². The van der Waals surface area contributed by atoms with Gasteiger partial charge in [-0.2, -0.15) is 0 Å². The quantitative estimate of drug-likeness (QED) is 0.923. The number of hydrogen-bond donors (Lipinski definition) is 1. The van der Waals surface area contributed by atoms with Gasteiger partial charge in [-0.3, -0.25) is 0 Å². The van der Waals surface area contributed by atoms with E-state index in [2.05, 4.69) is 4.98 Å². The molecule has 2 aromatic rings. The lowest BCUT2D eigenvalue weighted by Gasteiger charge is -2.11. The van der Waals surface area contributed by atoms with Gasteiger partial charge in [0.15, 0.2) is 11.6 Å². The molecule has 1 heterocycles. The second-order valence-electron chi connectivity index (χ2n) is 4.33. The number of nitrogens with zero attached hydrogens (tertiary/aromatic N) is 1. The van der Waals surface area contributed by atoms with Crippen LogP contribution in [0, 0.1) is 11.6 Å². The molecule has 0 aliphatic heterocycles. The van der Waals surface area contributed by atoms with Crippen LogP contribution in [-0.4, -0.2) is 11.0 Å². The Labute approximate surface area is 110 Å². The Kier molecular flexibility index (Phi) is 4.06. The van der Waals surface area contributed by atoms with Crippen molar-refractivity contribution in [1.82, 2.24) is 4.98 Å². The molecule has 100 valence electrons. The first-order valence-corrected chi connectivity index (χ1v) is 5.88. The lowest BCUT2D eigenvalue weighted by molar-refractivity contribution is 0.417. The zero-order valence-corrected chi connectivity index (χ0v) is 10.4. The number of benzene rings is 1.